The molecule has 0 aliphatic rings. The van der Waals surface area contributed by atoms with Crippen molar-refractivity contribution in [3.05, 3.63) is 44.3 Å². The van der Waals surface area contributed by atoms with Crippen molar-refractivity contribution in [3.8, 4) is 5.75 Å². The molecular formula is C14H16BrNO2S. The zero-order valence-corrected chi connectivity index (χ0v) is 13.1. The fraction of sp³-hybridized carbons (Fsp3) is 0.357. The van der Waals surface area contributed by atoms with E-state index in [0.717, 1.165) is 39.3 Å². The SMILES string of the molecule is CCCc1nc(COc2ccc(CO)cc2Br)cs1. The predicted molar refractivity (Wildman–Crippen MR) is 80.5 cm³/mol. The number of hydrogen-bond donors (Lipinski definition) is 1. The monoisotopic (exact) mass is 341 g/mol. The fourth-order valence-electron chi connectivity index (χ4n) is 1.66. The van der Waals surface area contributed by atoms with Gasteiger partial charge in [0.25, 0.3) is 0 Å². The summed E-state index contributed by atoms with van der Waals surface area (Å²) in [4.78, 5) is 4.52. The van der Waals surface area contributed by atoms with E-state index in [4.69, 9.17) is 9.84 Å². The minimum absolute atomic E-state index is 0.0331. The van der Waals surface area contributed by atoms with Crippen molar-refractivity contribution in [1.82, 2.24) is 4.98 Å². The molecule has 0 amide bonds. The van der Waals surface area contributed by atoms with Gasteiger partial charge in [-0.3, -0.25) is 0 Å². The first-order valence-electron chi connectivity index (χ1n) is 6.18. The van der Waals surface area contributed by atoms with Gasteiger partial charge in [0.05, 0.1) is 21.8 Å². The molecule has 2 aromatic rings. The number of aryl methyl sites for hydroxylation is 1. The van der Waals surface area contributed by atoms with E-state index >= 15 is 0 Å². The van der Waals surface area contributed by atoms with E-state index in [2.05, 4.69) is 27.8 Å². The van der Waals surface area contributed by atoms with Crippen LogP contribution in [0.4, 0.5) is 0 Å². The van der Waals surface area contributed by atoms with E-state index in [1.165, 1.54) is 0 Å². The standard InChI is InChI=1S/C14H16BrNO2S/c1-2-3-14-16-11(9-19-14)8-18-13-5-4-10(7-17)6-12(13)15/h4-6,9,17H,2-3,7-8H2,1H3. The van der Waals surface area contributed by atoms with Crippen molar-refractivity contribution < 1.29 is 9.84 Å². The number of aliphatic hydroxyl groups is 1. The molecule has 0 unspecified atom stereocenters. The van der Waals surface area contributed by atoms with Crippen molar-refractivity contribution in [3.63, 3.8) is 0 Å². The lowest BCUT2D eigenvalue weighted by molar-refractivity contribution is 0.280. The molecule has 0 radical (unpaired) electrons. The van der Waals surface area contributed by atoms with Gasteiger partial charge in [-0.1, -0.05) is 13.0 Å². The summed E-state index contributed by atoms with van der Waals surface area (Å²) in [5.41, 5.74) is 1.82. The van der Waals surface area contributed by atoms with E-state index in [9.17, 15) is 0 Å². The van der Waals surface area contributed by atoms with Crippen LogP contribution in [0.15, 0.2) is 28.1 Å². The molecule has 0 spiro atoms. The second-order valence-electron chi connectivity index (χ2n) is 4.19. The Balaban J connectivity index is 1.97. The van der Waals surface area contributed by atoms with E-state index < -0.39 is 0 Å². The molecule has 0 aliphatic heterocycles. The highest BCUT2D eigenvalue weighted by Crippen LogP contribution is 2.27. The Morgan fingerprint density at radius 1 is 1.42 bits per heavy atom. The second kappa shape index (κ2) is 7.03. The highest BCUT2D eigenvalue weighted by Gasteiger charge is 2.05. The van der Waals surface area contributed by atoms with Gasteiger partial charge in [-0.25, -0.2) is 4.98 Å². The number of aromatic nitrogens is 1. The van der Waals surface area contributed by atoms with Crippen LogP contribution in [-0.4, -0.2) is 10.1 Å². The van der Waals surface area contributed by atoms with Gasteiger partial charge >= 0.3 is 0 Å². The molecule has 0 saturated heterocycles. The summed E-state index contributed by atoms with van der Waals surface area (Å²) in [6, 6.07) is 5.57. The van der Waals surface area contributed by atoms with Gasteiger partial charge in [0.15, 0.2) is 0 Å². The third kappa shape index (κ3) is 4.03. The maximum Gasteiger partial charge on any atom is 0.134 e. The quantitative estimate of drug-likeness (QED) is 0.865. The number of rotatable bonds is 6. The Bertz CT molecular complexity index is 542. The largest absolute Gasteiger partial charge is 0.486 e. The number of hydrogen-bond acceptors (Lipinski definition) is 4. The van der Waals surface area contributed by atoms with Crippen molar-refractivity contribution in [2.75, 3.05) is 0 Å². The molecule has 0 bridgehead atoms. The summed E-state index contributed by atoms with van der Waals surface area (Å²) < 4.78 is 6.58. The molecule has 2 rings (SSSR count). The average molecular weight is 342 g/mol. The topological polar surface area (TPSA) is 42.4 Å². The third-order valence-electron chi connectivity index (χ3n) is 2.62. The van der Waals surface area contributed by atoms with Crippen LogP contribution in [0.25, 0.3) is 0 Å². The molecule has 1 aromatic heterocycles. The molecule has 3 nitrogen and oxygen atoms in total. The molecule has 0 fully saturated rings. The molecule has 1 N–H and O–H groups in total. The zero-order chi connectivity index (χ0) is 13.7. The molecule has 1 aromatic carbocycles. The van der Waals surface area contributed by atoms with Crippen LogP contribution in [0.2, 0.25) is 0 Å². The number of aliphatic hydroxyl groups excluding tert-OH is 1. The molecule has 0 aliphatic carbocycles. The number of halogens is 1. The lowest BCUT2D eigenvalue weighted by Crippen LogP contribution is -1.97. The summed E-state index contributed by atoms with van der Waals surface area (Å²) in [7, 11) is 0. The summed E-state index contributed by atoms with van der Waals surface area (Å²) in [6.45, 7) is 2.65. The predicted octanol–water partition coefficient (Wildman–Crippen LogP) is 3.93. The summed E-state index contributed by atoms with van der Waals surface area (Å²) in [5.74, 6) is 0.766. The van der Waals surface area contributed by atoms with Crippen LogP contribution < -0.4 is 4.74 Å². The van der Waals surface area contributed by atoms with Crippen LogP contribution in [0.5, 0.6) is 5.75 Å². The Labute approximate surface area is 125 Å². The van der Waals surface area contributed by atoms with Crippen LogP contribution in [0, 0.1) is 0 Å². The number of ether oxygens (including phenoxy) is 1. The van der Waals surface area contributed by atoms with Crippen LogP contribution in [-0.2, 0) is 19.6 Å². The molecule has 5 heteroatoms. The van der Waals surface area contributed by atoms with Crippen LogP contribution in [0.1, 0.15) is 29.6 Å². The van der Waals surface area contributed by atoms with Crippen molar-refractivity contribution in [2.45, 2.75) is 33.0 Å². The number of thiazole rings is 1. The van der Waals surface area contributed by atoms with Crippen LogP contribution >= 0.6 is 27.3 Å². The maximum atomic E-state index is 9.04. The maximum absolute atomic E-state index is 9.04. The normalized spacial score (nSPS) is 10.7. The number of nitrogens with zero attached hydrogens (tertiary/aromatic N) is 1. The van der Waals surface area contributed by atoms with Gasteiger partial charge in [-0.05, 0) is 46.5 Å². The highest BCUT2D eigenvalue weighted by molar-refractivity contribution is 9.10. The van der Waals surface area contributed by atoms with Crippen molar-refractivity contribution >= 4 is 27.3 Å². The Hall–Kier alpha value is -0.910. The molecule has 1 heterocycles. The van der Waals surface area contributed by atoms with E-state index in [1.807, 2.05) is 23.6 Å². The Morgan fingerprint density at radius 3 is 2.95 bits per heavy atom. The zero-order valence-electron chi connectivity index (χ0n) is 10.7. The first kappa shape index (κ1) is 14.5. The van der Waals surface area contributed by atoms with Crippen molar-refractivity contribution in [1.29, 1.82) is 0 Å². The van der Waals surface area contributed by atoms with Gasteiger partial charge in [-0.15, -0.1) is 11.3 Å². The van der Waals surface area contributed by atoms with E-state index in [-0.39, 0.29) is 6.61 Å². The summed E-state index contributed by atoms with van der Waals surface area (Å²) in [6.07, 6.45) is 2.14. The lowest BCUT2D eigenvalue weighted by Gasteiger charge is -2.07. The van der Waals surface area contributed by atoms with E-state index in [0.29, 0.717) is 6.61 Å². The Morgan fingerprint density at radius 2 is 2.26 bits per heavy atom. The van der Waals surface area contributed by atoms with Gasteiger partial charge in [0, 0.05) is 5.38 Å². The van der Waals surface area contributed by atoms with Gasteiger partial charge in [0.1, 0.15) is 12.4 Å². The average Bonchev–Trinajstić information content (AvgIpc) is 2.85. The minimum Gasteiger partial charge on any atom is -0.486 e. The first-order valence-corrected chi connectivity index (χ1v) is 7.85. The Kier molecular flexibility index (Phi) is 5.36. The molecule has 0 atom stereocenters. The minimum atomic E-state index is 0.0331. The highest BCUT2D eigenvalue weighted by atomic mass is 79.9. The van der Waals surface area contributed by atoms with E-state index in [1.54, 1.807) is 11.3 Å². The number of benzene rings is 1. The van der Waals surface area contributed by atoms with Gasteiger partial charge in [-0.2, -0.15) is 0 Å². The smallest absolute Gasteiger partial charge is 0.134 e. The van der Waals surface area contributed by atoms with Gasteiger partial charge in [0.2, 0.25) is 0 Å². The fourth-order valence-corrected chi connectivity index (χ4v) is 3.08. The second-order valence-corrected chi connectivity index (χ2v) is 5.99. The lowest BCUT2D eigenvalue weighted by atomic mass is 10.2. The molecule has 102 valence electrons. The molecular weight excluding hydrogens is 326 g/mol. The van der Waals surface area contributed by atoms with Gasteiger partial charge < -0.3 is 9.84 Å². The molecule has 0 saturated carbocycles. The summed E-state index contributed by atoms with van der Waals surface area (Å²) >= 11 is 5.12. The van der Waals surface area contributed by atoms with Crippen molar-refractivity contribution in [2.24, 2.45) is 0 Å². The third-order valence-corrected chi connectivity index (χ3v) is 4.19. The van der Waals surface area contributed by atoms with Crippen LogP contribution in [0.3, 0.4) is 0 Å². The molecule has 19 heavy (non-hydrogen) atoms. The summed E-state index contributed by atoms with van der Waals surface area (Å²) in [5, 5.41) is 12.2. The first-order chi connectivity index (χ1) is 9.22.